The van der Waals surface area contributed by atoms with E-state index in [2.05, 4.69) is 5.32 Å². The SMILES string of the molecule is NS(=O)(=O)c1ccc(N[C@@H]2OC[C@@H](O)[C@H](O)[C@@H]2O)cc1. The molecule has 0 bridgehead atoms. The molecule has 1 heterocycles. The monoisotopic (exact) mass is 304 g/mol. The third-order valence-electron chi connectivity index (χ3n) is 2.99. The topological polar surface area (TPSA) is 142 Å². The van der Waals surface area contributed by atoms with Crippen molar-refractivity contribution >= 4 is 15.7 Å². The molecule has 112 valence electrons. The Hall–Kier alpha value is -1.23. The van der Waals surface area contributed by atoms with Gasteiger partial charge >= 0.3 is 0 Å². The summed E-state index contributed by atoms with van der Waals surface area (Å²) in [6.07, 6.45) is -4.68. The van der Waals surface area contributed by atoms with Crippen molar-refractivity contribution < 1.29 is 28.5 Å². The molecule has 0 amide bonds. The van der Waals surface area contributed by atoms with Gasteiger partial charge in [-0.05, 0) is 24.3 Å². The number of rotatable bonds is 3. The van der Waals surface area contributed by atoms with Gasteiger partial charge in [-0.25, -0.2) is 13.6 Å². The van der Waals surface area contributed by atoms with E-state index in [-0.39, 0.29) is 11.5 Å². The number of aliphatic hydroxyl groups is 3. The summed E-state index contributed by atoms with van der Waals surface area (Å²) in [5.41, 5.74) is 0.477. The van der Waals surface area contributed by atoms with Crippen molar-refractivity contribution in [2.75, 3.05) is 11.9 Å². The molecule has 1 aliphatic rings. The van der Waals surface area contributed by atoms with Crippen LogP contribution in [-0.4, -0.2) is 54.9 Å². The van der Waals surface area contributed by atoms with E-state index in [1.165, 1.54) is 24.3 Å². The third kappa shape index (κ3) is 3.26. The van der Waals surface area contributed by atoms with E-state index in [9.17, 15) is 23.7 Å². The predicted molar refractivity (Wildman–Crippen MR) is 69.2 cm³/mol. The Morgan fingerprint density at radius 3 is 2.30 bits per heavy atom. The maximum Gasteiger partial charge on any atom is 0.238 e. The highest BCUT2D eigenvalue weighted by Crippen LogP contribution is 2.19. The average Bonchev–Trinajstić information content (AvgIpc) is 2.39. The van der Waals surface area contributed by atoms with Gasteiger partial charge in [-0.15, -0.1) is 0 Å². The number of hydrogen-bond donors (Lipinski definition) is 5. The Bertz CT molecular complexity index is 561. The molecule has 0 unspecified atom stereocenters. The Morgan fingerprint density at radius 1 is 1.15 bits per heavy atom. The molecule has 1 fully saturated rings. The summed E-state index contributed by atoms with van der Waals surface area (Å²) in [7, 11) is -3.76. The lowest BCUT2D eigenvalue weighted by atomic mass is 10.0. The van der Waals surface area contributed by atoms with Gasteiger partial charge in [-0.1, -0.05) is 0 Å². The highest BCUT2D eigenvalue weighted by Gasteiger charge is 2.37. The number of hydrogen-bond acceptors (Lipinski definition) is 7. The van der Waals surface area contributed by atoms with Crippen LogP contribution in [0.2, 0.25) is 0 Å². The molecule has 0 spiro atoms. The molecule has 0 aromatic heterocycles. The zero-order valence-electron chi connectivity index (χ0n) is 10.4. The maximum absolute atomic E-state index is 11.1. The zero-order valence-corrected chi connectivity index (χ0v) is 11.2. The highest BCUT2D eigenvalue weighted by molar-refractivity contribution is 7.89. The Balaban J connectivity index is 2.07. The lowest BCUT2D eigenvalue weighted by Gasteiger charge is -2.35. The molecule has 6 N–H and O–H groups in total. The van der Waals surface area contributed by atoms with Crippen LogP contribution in [0.1, 0.15) is 0 Å². The van der Waals surface area contributed by atoms with Crippen molar-refractivity contribution in [3.05, 3.63) is 24.3 Å². The number of benzene rings is 1. The van der Waals surface area contributed by atoms with Gasteiger partial charge < -0.3 is 25.4 Å². The number of ether oxygens (including phenoxy) is 1. The first-order valence-electron chi connectivity index (χ1n) is 5.84. The van der Waals surface area contributed by atoms with Gasteiger partial charge in [0.15, 0.2) is 6.23 Å². The third-order valence-corrected chi connectivity index (χ3v) is 3.92. The lowest BCUT2D eigenvalue weighted by Crippen LogP contribution is -2.55. The van der Waals surface area contributed by atoms with Crippen LogP contribution in [0, 0.1) is 0 Å². The second-order valence-corrected chi connectivity index (χ2v) is 6.08. The molecule has 2 rings (SSSR count). The van der Waals surface area contributed by atoms with Crippen molar-refractivity contribution in [1.82, 2.24) is 0 Å². The van der Waals surface area contributed by atoms with Crippen LogP contribution in [0.5, 0.6) is 0 Å². The Morgan fingerprint density at radius 2 is 1.75 bits per heavy atom. The van der Waals surface area contributed by atoms with Crippen LogP contribution in [0.4, 0.5) is 5.69 Å². The molecule has 1 aromatic carbocycles. The summed E-state index contributed by atoms with van der Waals surface area (Å²) in [5, 5.41) is 36.3. The van der Waals surface area contributed by atoms with Crippen molar-refractivity contribution in [1.29, 1.82) is 0 Å². The van der Waals surface area contributed by atoms with Gasteiger partial charge in [0.25, 0.3) is 0 Å². The standard InChI is InChI=1S/C11H16N2O6S/c12-20(17,18)7-3-1-6(2-4-7)13-11-10(16)9(15)8(14)5-19-11/h1-4,8-11,13-16H,5H2,(H2,12,17,18)/t8-,9+,10+,11-/m1/s1. The van der Waals surface area contributed by atoms with Gasteiger partial charge in [-0.3, -0.25) is 0 Å². The van der Waals surface area contributed by atoms with Gasteiger partial charge in [0.05, 0.1) is 11.5 Å². The molecule has 1 aromatic rings. The molecule has 4 atom stereocenters. The fraction of sp³-hybridized carbons (Fsp3) is 0.455. The lowest BCUT2D eigenvalue weighted by molar-refractivity contribution is -0.178. The average molecular weight is 304 g/mol. The van der Waals surface area contributed by atoms with Crippen molar-refractivity contribution in [2.45, 2.75) is 29.4 Å². The largest absolute Gasteiger partial charge is 0.388 e. The second kappa shape index (κ2) is 5.64. The Labute approximate surface area is 115 Å². The molecule has 8 nitrogen and oxygen atoms in total. The molecule has 20 heavy (non-hydrogen) atoms. The van der Waals surface area contributed by atoms with Crippen molar-refractivity contribution in [3.63, 3.8) is 0 Å². The molecule has 0 aliphatic carbocycles. The quantitative estimate of drug-likeness (QED) is 0.443. The number of anilines is 1. The maximum atomic E-state index is 11.1. The van der Waals surface area contributed by atoms with E-state index < -0.39 is 34.6 Å². The van der Waals surface area contributed by atoms with Crippen LogP contribution < -0.4 is 10.5 Å². The molecule has 0 saturated carbocycles. The summed E-state index contributed by atoms with van der Waals surface area (Å²) in [5.74, 6) is 0. The van der Waals surface area contributed by atoms with Crippen LogP contribution in [-0.2, 0) is 14.8 Å². The first-order chi connectivity index (χ1) is 9.29. The predicted octanol–water partition coefficient (Wildman–Crippen LogP) is -1.82. The summed E-state index contributed by atoms with van der Waals surface area (Å²) in [4.78, 5) is -0.0383. The van der Waals surface area contributed by atoms with E-state index >= 15 is 0 Å². The highest BCUT2D eigenvalue weighted by atomic mass is 32.2. The fourth-order valence-electron chi connectivity index (χ4n) is 1.84. The molecule has 0 radical (unpaired) electrons. The number of sulfonamides is 1. The summed E-state index contributed by atoms with van der Waals surface area (Å²) >= 11 is 0. The number of nitrogens with one attached hydrogen (secondary N) is 1. The molecule has 1 aliphatic heterocycles. The van der Waals surface area contributed by atoms with Gasteiger partial charge in [0, 0.05) is 5.69 Å². The minimum absolute atomic E-state index is 0.0383. The van der Waals surface area contributed by atoms with Crippen LogP contribution in [0.25, 0.3) is 0 Å². The number of primary sulfonamides is 1. The summed E-state index contributed by atoms with van der Waals surface area (Å²) in [6.45, 7) is -0.120. The first kappa shape index (κ1) is 15.2. The minimum atomic E-state index is -3.76. The van der Waals surface area contributed by atoms with E-state index in [4.69, 9.17) is 9.88 Å². The normalized spacial score (nSPS) is 31.0. The van der Waals surface area contributed by atoms with Crippen LogP contribution >= 0.6 is 0 Å². The van der Waals surface area contributed by atoms with E-state index in [0.717, 1.165) is 0 Å². The fourth-order valence-corrected chi connectivity index (χ4v) is 2.35. The molecule has 1 saturated heterocycles. The van der Waals surface area contributed by atoms with Crippen molar-refractivity contribution in [2.24, 2.45) is 5.14 Å². The second-order valence-electron chi connectivity index (χ2n) is 4.52. The first-order valence-corrected chi connectivity index (χ1v) is 7.39. The molecular formula is C11H16N2O6S. The van der Waals surface area contributed by atoms with Crippen LogP contribution in [0.15, 0.2) is 29.2 Å². The Kier molecular flexibility index (Phi) is 4.28. The summed E-state index contributed by atoms with van der Waals surface area (Å²) < 4.78 is 27.4. The van der Waals surface area contributed by atoms with E-state index in [1.54, 1.807) is 0 Å². The van der Waals surface area contributed by atoms with Gasteiger partial charge in [-0.2, -0.15) is 0 Å². The van der Waals surface area contributed by atoms with E-state index in [1.807, 2.05) is 0 Å². The zero-order chi connectivity index (χ0) is 14.9. The molecular weight excluding hydrogens is 288 g/mol. The van der Waals surface area contributed by atoms with Crippen LogP contribution in [0.3, 0.4) is 0 Å². The van der Waals surface area contributed by atoms with Gasteiger partial charge in [0.2, 0.25) is 10.0 Å². The van der Waals surface area contributed by atoms with Crippen molar-refractivity contribution in [3.8, 4) is 0 Å². The minimum Gasteiger partial charge on any atom is -0.388 e. The number of aliphatic hydroxyl groups excluding tert-OH is 3. The smallest absolute Gasteiger partial charge is 0.238 e. The molecule has 9 heteroatoms. The van der Waals surface area contributed by atoms with Gasteiger partial charge in [0.1, 0.15) is 18.3 Å². The summed E-state index contributed by atoms with van der Waals surface area (Å²) in [6, 6.07) is 5.51. The van der Waals surface area contributed by atoms with E-state index in [0.29, 0.717) is 5.69 Å². The number of nitrogens with two attached hydrogens (primary N) is 1.